The zero-order chi connectivity index (χ0) is 18.5. The quantitative estimate of drug-likeness (QED) is 0.358. The zero-order valence-corrected chi connectivity index (χ0v) is 19.2. The van der Waals surface area contributed by atoms with Gasteiger partial charge in [-0.25, -0.2) is 8.42 Å². The fourth-order valence-corrected chi connectivity index (χ4v) is 4.51. The Morgan fingerprint density at radius 1 is 1.35 bits per heavy atom. The standard InChI is InChI=1S/C17H26ClN3O3S.HI/c1-13(14-6-4-5-7-15(14)18)21-16(19-2)20-12-17(25(3,22)23)8-10-24-11-9-17;/h4-7,13H,8-12H2,1-3H3,(H2,19,20,21);1H. The smallest absolute Gasteiger partial charge is 0.191 e. The highest BCUT2D eigenvalue weighted by Gasteiger charge is 2.42. The van der Waals surface area contributed by atoms with Crippen LogP contribution in [0.3, 0.4) is 0 Å². The lowest BCUT2D eigenvalue weighted by Gasteiger charge is -2.36. The molecule has 148 valence electrons. The molecule has 9 heteroatoms. The predicted molar refractivity (Wildman–Crippen MR) is 117 cm³/mol. The first-order valence-electron chi connectivity index (χ1n) is 8.28. The Hall–Kier alpha value is -0.580. The van der Waals surface area contributed by atoms with Gasteiger partial charge >= 0.3 is 0 Å². The highest BCUT2D eigenvalue weighted by molar-refractivity contribution is 14.0. The summed E-state index contributed by atoms with van der Waals surface area (Å²) in [5, 5.41) is 7.10. The van der Waals surface area contributed by atoms with Crippen LogP contribution in [0.15, 0.2) is 29.3 Å². The molecule has 1 unspecified atom stereocenters. The summed E-state index contributed by atoms with van der Waals surface area (Å²) in [6.45, 7) is 3.19. The number of ether oxygens (including phenoxy) is 1. The third-order valence-electron chi connectivity index (χ3n) is 4.72. The summed E-state index contributed by atoms with van der Waals surface area (Å²) in [6.07, 6.45) is 2.26. The number of aliphatic imine (C=N–C) groups is 1. The Kier molecular flexibility index (Phi) is 9.11. The van der Waals surface area contributed by atoms with Crippen LogP contribution in [0.25, 0.3) is 0 Å². The van der Waals surface area contributed by atoms with E-state index in [1.54, 1.807) is 7.05 Å². The molecule has 0 amide bonds. The van der Waals surface area contributed by atoms with Crippen molar-refractivity contribution in [1.82, 2.24) is 10.6 Å². The van der Waals surface area contributed by atoms with Crippen molar-refractivity contribution in [2.75, 3.05) is 33.1 Å². The molecule has 2 rings (SSSR count). The average molecular weight is 516 g/mol. The van der Waals surface area contributed by atoms with Crippen molar-refractivity contribution in [3.8, 4) is 0 Å². The molecule has 1 atom stereocenters. The summed E-state index contributed by atoms with van der Waals surface area (Å²) in [7, 11) is -1.57. The van der Waals surface area contributed by atoms with Gasteiger partial charge in [0.1, 0.15) is 0 Å². The number of rotatable bonds is 5. The molecule has 0 saturated carbocycles. The van der Waals surface area contributed by atoms with Crippen LogP contribution >= 0.6 is 35.6 Å². The molecule has 0 radical (unpaired) electrons. The Morgan fingerprint density at radius 3 is 2.50 bits per heavy atom. The van der Waals surface area contributed by atoms with Gasteiger partial charge in [0.05, 0.1) is 10.8 Å². The van der Waals surface area contributed by atoms with E-state index in [9.17, 15) is 8.42 Å². The van der Waals surface area contributed by atoms with E-state index in [1.165, 1.54) is 6.26 Å². The van der Waals surface area contributed by atoms with Crippen LogP contribution in [0, 0.1) is 0 Å². The number of hydrogen-bond donors (Lipinski definition) is 2. The van der Waals surface area contributed by atoms with Gasteiger partial charge in [-0.15, -0.1) is 24.0 Å². The van der Waals surface area contributed by atoms with Crippen LogP contribution in [-0.2, 0) is 14.6 Å². The Balaban J connectivity index is 0.00000338. The van der Waals surface area contributed by atoms with Gasteiger partial charge in [-0.1, -0.05) is 29.8 Å². The van der Waals surface area contributed by atoms with Crippen molar-refractivity contribution in [2.24, 2.45) is 4.99 Å². The lowest BCUT2D eigenvalue weighted by atomic mass is 9.99. The van der Waals surface area contributed by atoms with Gasteiger partial charge < -0.3 is 15.4 Å². The van der Waals surface area contributed by atoms with E-state index in [4.69, 9.17) is 16.3 Å². The van der Waals surface area contributed by atoms with Crippen molar-refractivity contribution in [3.05, 3.63) is 34.9 Å². The van der Waals surface area contributed by atoms with Crippen LogP contribution in [-0.4, -0.2) is 52.2 Å². The topological polar surface area (TPSA) is 79.8 Å². The molecule has 1 heterocycles. The van der Waals surface area contributed by atoms with E-state index in [2.05, 4.69) is 15.6 Å². The van der Waals surface area contributed by atoms with Gasteiger partial charge in [0.2, 0.25) is 0 Å². The normalized spacial score (nSPS) is 18.5. The molecule has 1 aliphatic rings. The summed E-state index contributed by atoms with van der Waals surface area (Å²) >= 11 is 6.23. The van der Waals surface area contributed by atoms with E-state index in [-0.39, 0.29) is 30.0 Å². The molecule has 2 N–H and O–H groups in total. The molecule has 0 aromatic heterocycles. The van der Waals surface area contributed by atoms with Crippen molar-refractivity contribution in [1.29, 1.82) is 0 Å². The van der Waals surface area contributed by atoms with E-state index in [1.807, 2.05) is 31.2 Å². The minimum atomic E-state index is -3.23. The number of hydrogen-bond acceptors (Lipinski definition) is 4. The van der Waals surface area contributed by atoms with E-state index in [0.29, 0.717) is 43.6 Å². The molecule has 1 aromatic carbocycles. The van der Waals surface area contributed by atoms with Crippen LogP contribution in [0.4, 0.5) is 0 Å². The van der Waals surface area contributed by atoms with Crippen molar-refractivity contribution in [2.45, 2.75) is 30.6 Å². The Bertz CT molecular complexity index is 722. The third kappa shape index (κ3) is 5.71. The number of halogens is 2. The number of sulfone groups is 1. The first-order valence-corrected chi connectivity index (χ1v) is 10.5. The maximum atomic E-state index is 12.3. The number of nitrogens with one attached hydrogen (secondary N) is 2. The number of guanidine groups is 1. The molecular formula is C17H27ClIN3O3S. The molecular weight excluding hydrogens is 489 g/mol. The van der Waals surface area contributed by atoms with Crippen molar-refractivity contribution < 1.29 is 13.2 Å². The average Bonchev–Trinajstić information content (AvgIpc) is 2.58. The lowest BCUT2D eigenvalue weighted by molar-refractivity contribution is 0.0756. The van der Waals surface area contributed by atoms with E-state index in [0.717, 1.165) is 5.56 Å². The maximum absolute atomic E-state index is 12.3. The van der Waals surface area contributed by atoms with Gasteiger partial charge in [0.25, 0.3) is 0 Å². The van der Waals surface area contributed by atoms with Gasteiger partial charge in [-0.2, -0.15) is 0 Å². The molecule has 1 fully saturated rings. The molecule has 6 nitrogen and oxygen atoms in total. The first-order chi connectivity index (χ1) is 11.8. The molecule has 0 bridgehead atoms. The zero-order valence-electron chi connectivity index (χ0n) is 15.3. The van der Waals surface area contributed by atoms with E-state index >= 15 is 0 Å². The SMILES string of the molecule is CN=C(NCC1(S(C)(=O)=O)CCOCC1)NC(C)c1ccccc1Cl.I. The summed E-state index contributed by atoms with van der Waals surface area (Å²) in [4.78, 5) is 4.21. The molecule has 0 aliphatic carbocycles. The number of nitrogens with zero attached hydrogens (tertiary/aromatic N) is 1. The molecule has 1 aliphatic heterocycles. The summed E-state index contributed by atoms with van der Waals surface area (Å²) in [5.41, 5.74) is 0.955. The van der Waals surface area contributed by atoms with Gasteiger partial charge in [-0.3, -0.25) is 4.99 Å². The fourth-order valence-electron chi connectivity index (χ4n) is 2.97. The minimum absolute atomic E-state index is 0. The van der Waals surface area contributed by atoms with Gasteiger partial charge in [0, 0.05) is 38.1 Å². The highest BCUT2D eigenvalue weighted by atomic mass is 127. The predicted octanol–water partition coefficient (Wildman–Crippen LogP) is 2.78. The van der Waals surface area contributed by atoms with Crippen LogP contribution in [0.5, 0.6) is 0 Å². The summed E-state index contributed by atoms with van der Waals surface area (Å²) in [6, 6.07) is 7.53. The molecule has 1 saturated heterocycles. The van der Waals surface area contributed by atoms with Crippen molar-refractivity contribution >= 4 is 51.4 Å². The fraction of sp³-hybridized carbons (Fsp3) is 0.588. The van der Waals surface area contributed by atoms with Crippen LogP contribution < -0.4 is 10.6 Å². The maximum Gasteiger partial charge on any atom is 0.191 e. The van der Waals surface area contributed by atoms with Gasteiger partial charge in [0.15, 0.2) is 15.8 Å². The van der Waals surface area contributed by atoms with Crippen LogP contribution in [0.2, 0.25) is 5.02 Å². The summed E-state index contributed by atoms with van der Waals surface area (Å²) in [5.74, 6) is 0.543. The molecule has 26 heavy (non-hydrogen) atoms. The second kappa shape index (κ2) is 10.1. The van der Waals surface area contributed by atoms with Gasteiger partial charge in [-0.05, 0) is 31.4 Å². The Morgan fingerprint density at radius 2 is 1.96 bits per heavy atom. The van der Waals surface area contributed by atoms with Crippen LogP contribution in [0.1, 0.15) is 31.4 Å². The largest absolute Gasteiger partial charge is 0.381 e. The third-order valence-corrected chi connectivity index (χ3v) is 7.19. The minimum Gasteiger partial charge on any atom is -0.381 e. The number of benzene rings is 1. The second-order valence-corrected chi connectivity index (χ2v) is 9.20. The van der Waals surface area contributed by atoms with Crippen molar-refractivity contribution in [3.63, 3.8) is 0 Å². The highest BCUT2D eigenvalue weighted by Crippen LogP contribution is 2.28. The molecule has 1 aromatic rings. The lowest BCUT2D eigenvalue weighted by Crippen LogP contribution is -2.53. The Labute approximate surface area is 178 Å². The summed E-state index contributed by atoms with van der Waals surface area (Å²) < 4.78 is 29.2. The monoisotopic (exact) mass is 515 g/mol. The molecule has 0 spiro atoms. The second-order valence-electron chi connectivity index (χ2n) is 6.38. The van der Waals surface area contributed by atoms with E-state index < -0.39 is 14.6 Å². The first kappa shape index (κ1) is 23.5.